The van der Waals surface area contributed by atoms with Crippen LogP contribution in [-0.2, 0) is 6.42 Å². The maximum atomic E-state index is 14.8. The van der Waals surface area contributed by atoms with E-state index in [2.05, 4.69) is 30.2 Å². The SMILES string of the molecule is CNc1ncnc2[nH]cc(C(=O)c3ccc(Cc4ccc(C5CC5)nc4)nc3F)c12. The van der Waals surface area contributed by atoms with Gasteiger partial charge in [-0.15, -0.1) is 0 Å². The topological polar surface area (TPSA) is 96.5 Å². The first-order valence-corrected chi connectivity index (χ1v) is 9.79. The summed E-state index contributed by atoms with van der Waals surface area (Å²) < 4.78 is 14.8. The Labute approximate surface area is 171 Å². The molecule has 7 nitrogen and oxygen atoms in total. The summed E-state index contributed by atoms with van der Waals surface area (Å²) in [6.45, 7) is 0. The number of hydrogen-bond donors (Lipinski definition) is 2. The fourth-order valence-corrected chi connectivity index (χ4v) is 3.59. The minimum absolute atomic E-state index is 0.0900. The van der Waals surface area contributed by atoms with Crippen LogP contribution in [0, 0.1) is 5.95 Å². The zero-order valence-electron chi connectivity index (χ0n) is 16.3. The lowest BCUT2D eigenvalue weighted by Gasteiger charge is -2.07. The van der Waals surface area contributed by atoms with Crippen molar-refractivity contribution in [3.63, 3.8) is 0 Å². The highest BCUT2D eigenvalue weighted by Crippen LogP contribution is 2.38. The molecule has 0 amide bonds. The number of fused-ring (bicyclic) bond motifs is 1. The molecular weight excluding hydrogens is 383 g/mol. The molecule has 1 fully saturated rings. The van der Waals surface area contributed by atoms with E-state index in [1.165, 1.54) is 31.4 Å². The molecule has 4 aromatic rings. The Hall–Kier alpha value is -3.68. The lowest BCUT2D eigenvalue weighted by Crippen LogP contribution is -2.08. The average Bonchev–Trinajstić information content (AvgIpc) is 3.52. The van der Waals surface area contributed by atoms with Crippen LogP contribution in [0.15, 0.2) is 43.0 Å². The monoisotopic (exact) mass is 402 g/mol. The van der Waals surface area contributed by atoms with Gasteiger partial charge in [-0.25, -0.2) is 15.0 Å². The average molecular weight is 402 g/mol. The fraction of sp³-hybridized carbons (Fsp3) is 0.227. The van der Waals surface area contributed by atoms with Crippen LogP contribution in [0.3, 0.4) is 0 Å². The first-order valence-electron chi connectivity index (χ1n) is 9.79. The molecule has 0 aliphatic heterocycles. The van der Waals surface area contributed by atoms with E-state index in [9.17, 15) is 9.18 Å². The summed E-state index contributed by atoms with van der Waals surface area (Å²) in [5.74, 6) is -0.174. The normalized spacial score (nSPS) is 13.5. The molecule has 4 aromatic heterocycles. The van der Waals surface area contributed by atoms with E-state index in [-0.39, 0.29) is 5.56 Å². The van der Waals surface area contributed by atoms with Gasteiger partial charge in [-0.2, -0.15) is 4.39 Å². The van der Waals surface area contributed by atoms with Crippen molar-refractivity contribution in [2.75, 3.05) is 12.4 Å². The van der Waals surface area contributed by atoms with E-state index in [1.54, 1.807) is 13.1 Å². The number of aromatic nitrogens is 5. The van der Waals surface area contributed by atoms with Gasteiger partial charge in [-0.1, -0.05) is 6.07 Å². The molecule has 0 radical (unpaired) electrons. The van der Waals surface area contributed by atoms with E-state index in [0.29, 0.717) is 40.4 Å². The lowest BCUT2D eigenvalue weighted by molar-refractivity contribution is 0.103. The number of ketones is 1. The van der Waals surface area contributed by atoms with Crippen LogP contribution in [0.4, 0.5) is 10.2 Å². The molecular formula is C22H19FN6O. The Bertz CT molecular complexity index is 1250. The predicted molar refractivity (Wildman–Crippen MR) is 110 cm³/mol. The van der Waals surface area contributed by atoms with Gasteiger partial charge in [0.25, 0.3) is 0 Å². The summed E-state index contributed by atoms with van der Waals surface area (Å²) >= 11 is 0. The summed E-state index contributed by atoms with van der Waals surface area (Å²) in [6, 6.07) is 7.19. The zero-order valence-corrected chi connectivity index (χ0v) is 16.3. The summed E-state index contributed by atoms with van der Waals surface area (Å²) in [5.41, 5.74) is 3.32. The predicted octanol–water partition coefficient (Wildman–Crippen LogP) is 3.63. The quantitative estimate of drug-likeness (QED) is 0.378. The molecule has 0 unspecified atom stereocenters. The highest BCUT2D eigenvalue weighted by atomic mass is 19.1. The molecule has 150 valence electrons. The van der Waals surface area contributed by atoms with Crippen LogP contribution in [0.2, 0.25) is 0 Å². The molecule has 4 heterocycles. The van der Waals surface area contributed by atoms with E-state index in [4.69, 9.17) is 0 Å². The van der Waals surface area contributed by atoms with Gasteiger partial charge in [-0.3, -0.25) is 9.78 Å². The summed E-state index contributed by atoms with van der Waals surface area (Å²) in [5, 5.41) is 3.45. The number of H-pyrrole nitrogens is 1. The third-order valence-electron chi connectivity index (χ3n) is 5.33. The van der Waals surface area contributed by atoms with Gasteiger partial charge >= 0.3 is 0 Å². The van der Waals surface area contributed by atoms with Crippen LogP contribution in [-0.4, -0.2) is 37.8 Å². The van der Waals surface area contributed by atoms with Crippen molar-refractivity contribution in [2.45, 2.75) is 25.2 Å². The number of rotatable bonds is 6. The van der Waals surface area contributed by atoms with Gasteiger partial charge in [0.15, 0.2) is 5.78 Å². The molecule has 8 heteroatoms. The molecule has 2 N–H and O–H groups in total. The number of hydrogen-bond acceptors (Lipinski definition) is 6. The van der Waals surface area contributed by atoms with Crippen molar-refractivity contribution in [3.05, 3.63) is 77.0 Å². The molecule has 30 heavy (non-hydrogen) atoms. The van der Waals surface area contributed by atoms with E-state index < -0.39 is 11.7 Å². The number of halogens is 1. The highest BCUT2D eigenvalue weighted by molar-refractivity contribution is 6.17. The smallest absolute Gasteiger partial charge is 0.224 e. The Morgan fingerprint density at radius 1 is 1.17 bits per heavy atom. The number of aromatic amines is 1. The third kappa shape index (κ3) is 3.30. The molecule has 0 bridgehead atoms. The lowest BCUT2D eigenvalue weighted by atomic mass is 10.0. The third-order valence-corrected chi connectivity index (χ3v) is 5.33. The number of anilines is 1. The van der Waals surface area contributed by atoms with Crippen LogP contribution < -0.4 is 5.32 Å². The van der Waals surface area contributed by atoms with Crippen LogP contribution >= 0.6 is 0 Å². The van der Waals surface area contributed by atoms with Gasteiger partial charge in [0.05, 0.1) is 16.5 Å². The Morgan fingerprint density at radius 3 is 2.73 bits per heavy atom. The van der Waals surface area contributed by atoms with E-state index >= 15 is 0 Å². The minimum atomic E-state index is -0.794. The number of nitrogens with zero attached hydrogens (tertiary/aromatic N) is 4. The first kappa shape index (κ1) is 18.4. The van der Waals surface area contributed by atoms with Gasteiger partial charge in [0.2, 0.25) is 5.95 Å². The van der Waals surface area contributed by atoms with Crippen LogP contribution in [0.1, 0.15) is 51.6 Å². The van der Waals surface area contributed by atoms with Crippen molar-refractivity contribution >= 4 is 22.6 Å². The number of nitrogens with one attached hydrogen (secondary N) is 2. The molecule has 0 saturated heterocycles. The van der Waals surface area contributed by atoms with Crippen molar-refractivity contribution < 1.29 is 9.18 Å². The Morgan fingerprint density at radius 2 is 2.03 bits per heavy atom. The number of pyridine rings is 2. The second-order valence-corrected chi connectivity index (χ2v) is 7.41. The zero-order chi connectivity index (χ0) is 20.7. The maximum absolute atomic E-state index is 14.8. The molecule has 5 rings (SSSR count). The van der Waals surface area contributed by atoms with Crippen LogP contribution in [0.5, 0.6) is 0 Å². The number of carbonyl (C=O) groups excluding carboxylic acids is 1. The van der Waals surface area contributed by atoms with E-state index in [0.717, 1.165) is 11.3 Å². The van der Waals surface area contributed by atoms with Crippen molar-refractivity contribution in [2.24, 2.45) is 0 Å². The van der Waals surface area contributed by atoms with Gasteiger partial charge in [-0.05, 0) is 36.6 Å². The van der Waals surface area contributed by atoms with Crippen LogP contribution in [0.25, 0.3) is 11.0 Å². The minimum Gasteiger partial charge on any atom is -0.372 e. The van der Waals surface area contributed by atoms with Gasteiger partial charge < -0.3 is 10.3 Å². The van der Waals surface area contributed by atoms with Crippen molar-refractivity contribution in [1.29, 1.82) is 0 Å². The highest BCUT2D eigenvalue weighted by Gasteiger charge is 2.25. The summed E-state index contributed by atoms with van der Waals surface area (Å²) in [4.78, 5) is 32.7. The largest absolute Gasteiger partial charge is 0.372 e. The molecule has 1 saturated carbocycles. The molecule has 1 aliphatic rings. The number of carbonyl (C=O) groups is 1. The standard InChI is InChI=1S/C22H19FN6O/c1-24-21-18-16(10-26-22(18)28-11-27-21)19(30)15-6-5-14(29-20(15)23)8-12-2-7-17(25-9-12)13-3-4-13/h2,5-7,9-11,13H,3-4,8H2,1H3,(H2,24,26,27,28). The Balaban J connectivity index is 1.41. The van der Waals surface area contributed by atoms with Gasteiger partial charge in [0, 0.05) is 43.2 Å². The fourth-order valence-electron chi connectivity index (χ4n) is 3.59. The van der Waals surface area contributed by atoms with Crippen molar-refractivity contribution in [1.82, 2.24) is 24.9 Å². The molecule has 1 aliphatic carbocycles. The summed E-state index contributed by atoms with van der Waals surface area (Å²) in [7, 11) is 1.70. The maximum Gasteiger partial charge on any atom is 0.224 e. The van der Waals surface area contributed by atoms with E-state index in [1.807, 2.05) is 18.3 Å². The first-order chi connectivity index (χ1) is 14.6. The second kappa shape index (κ2) is 7.29. The second-order valence-electron chi connectivity index (χ2n) is 7.41. The molecule has 0 aromatic carbocycles. The molecule has 0 atom stereocenters. The summed E-state index contributed by atoms with van der Waals surface area (Å²) in [6.07, 6.45) is 7.58. The van der Waals surface area contributed by atoms with Gasteiger partial charge in [0.1, 0.15) is 17.8 Å². The molecule has 0 spiro atoms. The Kier molecular flexibility index (Phi) is 4.46. The van der Waals surface area contributed by atoms with Crippen molar-refractivity contribution in [3.8, 4) is 0 Å².